The Morgan fingerprint density at radius 3 is 2.43 bits per heavy atom. The minimum atomic E-state index is -0.648. The van der Waals surface area contributed by atoms with Crippen molar-refractivity contribution < 1.29 is 14.3 Å². The lowest BCUT2D eigenvalue weighted by atomic mass is 10.2. The zero-order valence-corrected chi connectivity index (χ0v) is 15.4. The SMILES string of the molecule is C[C@@H](NC(=O)OC(C)(C)C)C(=O)NCCSc1ccc(Cl)cc1. The molecular formula is C16H23ClN2O3S. The highest BCUT2D eigenvalue weighted by atomic mass is 35.5. The monoisotopic (exact) mass is 358 g/mol. The zero-order chi connectivity index (χ0) is 17.5. The van der Waals surface area contributed by atoms with Gasteiger partial charge in [0.15, 0.2) is 0 Å². The number of alkyl carbamates (subject to hydrolysis) is 1. The molecule has 0 aromatic heterocycles. The topological polar surface area (TPSA) is 67.4 Å². The van der Waals surface area contributed by atoms with Crippen LogP contribution in [0.15, 0.2) is 29.2 Å². The van der Waals surface area contributed by atoms with Gasteiger partial charge in [0, 0.05) is 22.2 Å². The number of rotatable bonds is 6. The van der Waals surface area contributed by atoms with E-state index < -0.39 is 17.7 Å². The number of carbonyl (C=O) groups is 2. The molecule has 128 valence electrons. The van der Waals surface area contributed by atoms with E-state index in [9.17, 15) is 9.59 Å². The van der Waals surface area contributed by atoms with Crippen LogP contribution in [0.2, 0.25) is 5.02 Å². The van der Waals surface area contributed by atoms with Gasteiger partial charge in [-0.3, -0.25) is 4.79 Å². The zero-order valence-electron chi connectivity index (χ0n) is 13.8. The van der Waals surface area contributed by atoms with Crippen LogP contribution in [-0.4, -0.2) is 35.9 Å². The summed E-state index contributed by atoms with van der Waals surface area (Å²) < 4.78 is 5.11. The molecule has 2 amide bonds. The van der Waals surface area contributed by atoms with Gasteiger partial charge in [0.25, 0.3) is 0 Å². The molecule has 5 nitrogen and oxygen atoms in total. The number of halogens is 1. The van der Waals surface area contributed by atoms with E-state index >= 15 is 0 Å². The molecule has 1 aromatic rings. The summed E-state index contributed by atoms with van der Waals surface area (Å²) in [5.74, 6) is 0.486. The van der Waals surface area contributed by atoms with Crippen molar-refractivity contribution in [2.45, 2.75) is 44.2 Å². The highest BCUT2D eigenvalue weighted by molar-refractivity contribution is 7.99. The quantitative estimate of drug-likeness (QED) is 0.603. The molecule has 0 aliphatic heterocycles. The molecule has 0 aliphatic rings. The van der Waals surface area contributed by atoms with Gasteiger partial charge < -0.3 is 15.4 Å². The van der Waals surface area contributed by atoms with Crippen LogP contribution in [0.4, 0.5) is 4.79 Å². The first-order valence-corrected chi connectivity index (χ1v) is 8.69. The van der Waals surface area contributed by atoms with E-state index in [2.05, 4.69) is 10.6 Å². The average Bonchev–Trinajstić information content (AvgIpc) is 2.43. The van der Waals surface area contributed by atoms with E-state index in [0.717, 1.165) is 10.6 Å². The number of ether oxygens (including phenoxy) is 1. The Labute approximate surface area is 146 Å². The van der Waals surface area contributed by atoms with Crippen LogP contribution in [-0.2, 0) is 9.53 Å². The summed E-state index contributed by atoms with van der Waals surface area (Å²) in [5.41, 5.74) is -0.588. The average molecular weight is 359 g/mol. The molecule has 0 unspecified atom stereocenters. The lowest BCUT2D eigenvalue weighted by molar-refractivity contribution is -0.122. The lowest BCUT2D eigenvalue weighted by Gasteiger charge is -2.21. The predicted molar refractivity (Wildman–Crippen MR) is 94.0 cm³/mol. The highest BCUT2D eigenvalue weighted by Crippen LogP contribution is 2.19. The second kappa shape index (κ2) is 9.03. The Morgan fingerprint density at radius 2 is 1.87 bits per heavy atom. The van der Waals surface area contributed by atoms with Gasteiger partial charge in [0.1, 0.15) is 11.6 Å². The maximum atomic E-state index is 11.9. The summed E-state index contributed by atoms with van der Waals surface area (Å²) in [6, 6.07) is 6.87. The Morgan fingerprint density at radius 1 is 1.26 bits per heavy atom. The molecule has 0 saturated heterocycles. The summed E-state index contributed by atoms with van der Waals surface area (Å²) in [6.07, 6.45) is -0.601. The van der Waals surface area contributed by atoms with Crippen molar-refractivity contribution >= 4 is 35.4 Å². The van der Waals surface area contributed by atoms with Gasteiger partial charge in [-0.05, 0) is 52.0 Å². The third-order valence-electron chi connectivity index (χ3n) is 2.61. The van der Waals surface area contributed by atoms with E-state index in [1.807, 2.05) is 24.3 Å². The molecule has 0 spiro atoms. The normalized spacial score (nSPS) is 12.4. The fourth-order valence-electron chi connectivity index (χ4n) is 1.58. The molecule has 0 radical (unpaired) electrons. The van der Waals surface area contributed by atoms with Gasteiger partial charge in [-0.2, -0.15) is 0 Å². The van der Waals surface area contributed by atoms with Crippen LogP contribution < -0.4 is 10.6 Å². The van der Waals surface area contributed by atoms with Crippen LogP contribution in [0.25, 0.3) is 0 Å². The molecule has 0 aliphatic carbocycles. The Balaban J connectivity index is 2.25. The molecule has 23 heavy (non-hydrogen) atoms. The summed E-state index contributed by atoms with van der Waals surface area (Å²) in [4.78, 5) is 24.6. The van der Waals surface area contributed by atoms with Gasteiger partial charge in [-0.1, -0.05) is 11.6 Å². The highest BCUT2D eigenvalue weighted by Gasteiger charge is 2.20. The van der Waals surface area contributed by atoms with Gasteiger partial charge >= 0.3 is 6.09 Å². The Bertz CT molecular complexity index is 529. The van der Waals surface area contributed by atoms with Gasteiger partial charge in [-0.15, -0.1) is 11.8 Å². The van der Waals surface area contributed by atoms with Gasteiger partial charge in [0.2, 0.25) is 5.91 Å². The van der Waals surface area contributed by atoms with Crippen molar-refractivity contribution in [1.82, 2.24) is 10.6 Å². The maximum absolute atomic E-state index is 11.9. The lowest BCUT2D eigenvalue weighted by Crippen LogP contribution is -2.46. The number of nitrogens with one attached hydrogen (secondary N) is 2. The second-order valence-corrected chi connectivity index (χ2v) is 7.57. The van der Waals surface area contributed by atoms with Crippen LogP contribution in [0.1, 0.15) is 27.7 Å². The van der Waals surface area contributed by atoms with Gasteiger partial charge in [-0.25, -0.2) is 4.79 Å². The van der Waals surface area contributed by atoms with Crippen LogP contribution in [0.3, 0.4) is 0 Å². The smallest absolute Gasteiger partial charge is 0.408 e. The van der Waals surface area contributed by atoms with Crippen molar-refractivity contribution in [3.8, 4) is 0 Å². The minimum Gasteiger partial charge on any atom is -0.444 e. The third-order valence-corrected chi connectivity index (χ3v) is 3.88. The second-order valence-electron chi connectivity index (χ2n) is 5.96. The molecule has 0 bridgehead atoms. The fraction of sp³-hybridized carbons (Fsp3) is 0.500. The van der Waals surface area contributed by atoms with Crippen molar-refractivity contribution in [2.24, 2.45) is 0 Å². The van der Waals surface area contributed by atoms with Crippen molar-refractivity contribution in [1.29, 1.82) is 0 Å². The minimum absolute atomic E-state index is 0.243. The van der Waals surface area contributed by atoms with E-state index in [-0.39, 0.29) is 5.91 Å². The number of hydrogen-bond donors (Lipinski definition) is 2. The first-order chi connectivity index (χ1) is 10.7. The largest absolute Gasteiger partial charge is 0.444 e. The molecule has 0 heterocycles. The summed E-state index contributed by atoms with van der Waals surface area (Å²) >= 11 is 7.44. The van der Waals surface area contributed by atoms with Crippen molar-refractivity contribution in [3.05, 3.63) is 29.3 Å². The maximum Gasteiger partial charge on any atom is 0.408 e. The summed E-state index contributed by atoms with van der Waals surface area (Å²) in [7, 11) is 0. The predicted octanol–water partition coefficient (Wildman–Crippen LogP) is 3.46. The summed E-state index contributed by atoms with van der Waals surface area (Å²) in [6.45, 7) is 7.43. The van der Waals surface area contributed by atoms with Crippen molar-refractivity contribution in [2.75, 3.05) is 12.3 Å². The number of carbonyl (C=O) groups excluding carboxylic acids is 2. The molecule has 0 saturated carbocycles. The fourth-order valence-corrected chi connectivity index (χ4v) is 2.47. The molecular weight excluding hydrogens is 336 g/mol. The van der Waals surface area contributed by atoms with Gasteiger partial charge in [0.05, 0.1) is 0 Å². The van der Waals surface area contributed by atoms with Crippen LogP contribution >= 0.6 is 23.4 Å². The molecule has 2 N–H and O–H groups in total. The molecule has 1 rings (SSSR count). The number of thioether (sulfide) groups is 1. The standard InChI is InChI=1S/C16H23ClN2O3S/c1-11(19-15(21)22-16(2,3)4)14(20)18-9-10-23-13-7-5-12(17)6-8-13/h5-8,11H,9-10H2,1-4H3,(H,18,20)(H,19,21)/t11-/m1/s1. The first-order valence-electron chi connectivity index (χ1n) is 7.33. The van der Waals surface area contributed by atoms with Crippen molar-refractivity contribution in [3.63, 3.8) is 0 Å². The van der Waals surface area contributed by atoms with E-state index in [1.54, 1.807) is 39.5 Å². The molecule has 1 atom stereocenters. The molecule has 1 aromatic carbocycles. The van der Waals surface area contributed by atoms with E-state index in [0.29, 0.717) is 11.6 Å². The Kier molecular flexibility index (Phi) is 7.72. The first kappa shape index (κ1) is 19.6. The van der Waals surface area contributed by atoms with E-state index in [4.69, 9.17) is 16.3 Å². The number of benzene rings is 1. The number of hydrogen-bond acceptors (Lipinski definition) is 4. The van der Waals surface area contributed by atoms with Crippen LogP contribution in [0, 0.1) is 0 Å². The summed E-state index contributed by atoms with van der Waals surface area (Å²) in [5, 5.41) is 5.98. The Hall–Kier alpha value is -1.40. The van der Waals surface area contributed by atoms with Crippen LogP contribution in [0.5, 0.6) is 0 Å². The number of amides is 2. The molecule has 0 fully saturated rings. The third kappa shape index (κ3) is 8.71. The van der Waals surface area contributed by atoms with E-state index in [1.165, 1.54) is 0 Å². The molecule has 7 heteroatoms.